The summed E-state index contributed by atoms with van der Waals surface area (Å²) in [5, 5.41) is 8.46. The van der Waals surface area contributed by atoms with Gasteiger partial charge >= 0.3 is 0 Å². The predicted octanol–water partition coefficient (Wildman–Crippen LogP) is 1.78. The second kappa shape index (κ2) is 6.59. The number of morpholine rings is 1. The van der Waals surface area contributed by atoms with E-state index in [9.17, 15) is 4.79 Å². The van der Waals surface area contributed by atoms with Crippen molar-refractivity contribution in [2.24, 2.45) is 7.05 Å². The van der Waals surface area contributed by atoms with Crippen LogP contribution in [0.3, 0.4) is 0 Å². The van der Waals surface area contributed by atoms with Crippen molar-refractivity contribution in [3.63, 3.8) is 0 Å². The van der Waals surface area contributed by atoms with Crippen LogP contribution in [0.15, 0.2) is 6.07 Å². The first kappa shape index (κ1) is 16.4. The topological polar surface area (TPSA) is 59.4 Å². The molecular weight excluding hydrogens is 312 g/mol. The van der Waals surface area contributed by atoms with Crippen LogP contribution in [0.25, 0.3) is 10.2 Å². The molecule has 0 aromatic carbocycles. The SMILES string of the molecule is Cc1nn(C)c2sc(C(=O)NCCN3C[C@@H](C)O[C@@H](C)C3)cc12. The van der Waals surface area contributed by atoms with Gasteiger partial charge in [0.05, 0.1) is 22.8 Å². The van der Waals surface area contributed by atoms with Gasteiger partial charge in [0.25, 0.3) is 5.91 Å². The molecule has 1 aliphatic rings. The highest BCUT2D eigenvalue weighted by atomic mass is 32.1. The highest BCUT2D eigenvalue weighted by Gasteiger charge is 2.22. The average molecular weight is 336 g/mol. The van der Waals surface area contributed by atoms with Crippen LogP contribution in [0.4, 0.5) is 0 Å². The number of hydrogen-bond donors (Lipinski definition) is 1. The molecule has 0 bridgehead atoms. The number of fused-ring (bicyclic) bond motifs is 1. The maximum absolute atomic E-state index is 12.3. The largest absolute Gasteiger partial charge is 0.373 e. The Kier molecular flexibility index (Phi) is 4.70. The van der Waals surface area contributed by atoms with E-state index in [1.54, 1.807) is 0 Å². The van der Waals surface area contributed by atoms with Crippen molar-refractivity contribution in [2.75, 3.05) is 26.2 Å². The molecule has 23 heavy (non-hydrogen) atoms. The van der Waals surface area contributed by atoms with Gasteiger partial charge in [-0.25, -0.2) is 0 Å². The Bertz CT molecular complexity index is 664. The quantitative estimate of drug-likeness (QED) is 0.925. The summed E-state index contributed by atoms with van der Waals surface area (Å²) in [6.07, 6.45) is 0.514. The Hall–Kier alpha value is -1.44. The predicted molar refractivity (Wildman–Crippen MR) is 92.1 cm³/mol. The Labute approximate surface area is 140 Å². The average Bonchev–Trinajstić information content (AvgIpc) is 3.00. The Morgan fingerprint density at radius 3 is 2.78 bits per heavy atom. The molecule has 1 aliphatic heterocycles. The standard InChI is InChI=1S/C16H24N4O2S/c1-10-8-20(9-11(2)22-10)6-5-17-15(21)14-7-13-12(3)18-19(4)16(13)23-14/h7,10-11H,5-6,8-9H2,1-4H3,(H,17,21)/t10-,11+. The molecule has 0 saturated carbocycles. The number of amides is 1. The van der Waals surface area contributed by atoms with Crippen molar-refractivity contribution in [3.8, 4) is 0 Å². The van der Waals surface area contributed by atoms with Gasteiger partial charge in [0.15, 0.2) is 0 Å². The van der Waals surface area contributed by atoms with E-state index in [2.05, 4.69) is 29.2 Å². The van der Waals surface area contributed by atoms with Crippen LogP contribution in [-0.4, -0.2) is 59.0 Å². The van der Waals surface area contributed by atoms with Crippen LogP contribution >= 0.6 is 11.3 Å². The highest BCUT2D eigenvalue weighted by molar-refractivity contribution is 7.20. The molecule has 3 heterocycles. The lowest BCUT2D eigenvalue weighted by atomic mass is 10.2. The van der Waals surface area contributed by atoms with Crippen LogP contribution in [0.2, 0.25) is 0 Å². The molecule has 0 aliphatic carbocycles. The van der Waals surface area contributed by atoms with Gasteiger partial charge in [-0.15, -0.1) is 11.3 Å². The van der Waals surface area contributed by atoms with Gasteiger partial charge < -0.3 is 10.1 Å². The molecule has 1 N–H and O–H groups in total. The van der Waals surface area contributed by atoms with E-state index in [4.69, 9.17) is 4.74 Å². The number of aryl methyl sites for hydroxylation is 2. The minimum atomic E-state index is -0.0000404. The molecule has 126 valence electrons. The number of hydrogen-bond acceptors (Lipinski definition) is 5. The molecule has 0 spiro atoms. The maximum Gasteiger partial charge on any atom is 0.261 e. The summed E-state index contributed by atoms with van der Waals surface area (Å²) in [7, 11) is 1.91. The monoisotopic (exact) mass is 336 g/mol. The summed E-state index contributed by atoms with van der Waals surface area (Å²) in [5.74, 6) is -0.0000404. The van der Waals surface area contributed by atoms with Crippen LogP contribution in [0.5, 0.6) is 0 Å². The van der Waals surface area contributed by atoms with Gasteiger partial charge in [-0.3, -0.25) is 14.4 Å². The van der Waals surface area contributed by atoms with Crippen molar-refractivity contribution < 1.29 is 9.53 Å². The maximum atomic E-state index is 12.3. The normalized spacial score (nSPS) is 22.6. The first-order chi connectivity index (χ1) is 10.9. The number of thiophene rings is 1. The fraction of sp³-hybridized carbons (Fsp3) is 0.625. The van der Waals surface area contributed by atoms with E-state index in [-0.39, 0.29) is 18.1 Å². The van der Waals surface area contributed by atoms with Gasteiger partial charge in [0.2, 0.25) is 0 Å². The van der Waals surface area contributed by atoms with Crippen molar-refractivity contribution in [2.45, 2.75) is 33.0 Å². The zero-order chi connectivity index (χ0) is 16.6. The summed E-state index contributed by atoms with van der Waals surface area (Å²) < 4.78 is 7.56. The zero-order valence-corrected chi connectivity index (χ0v) is 14.9. The lowest BCUT2D eigenvalue weighted by Crippen LogP contribution is -2.47. The van der Waals surface area contributed by atoms with Crippen molar-refractivity contribution in [1.82, 2.24) is 20.0 Å². The fourth-order valence-corrected chi connectivity index (χ4v) is 4.24. The highest BCUT2D eigenvalue weighted by Crippen LogP contribution is 2.27. The number of rotatable bonds is 4. The summed E-state index contributed by atoms with van der Waals surface area (Å²) in [4.78, 5) is 16.5. The molecule has 0 radical (unpaired) electrons. The van der Waals surface area contributed by atoms with E-state index >= 15 is 0 Å². The number of carbonyl (C=O) groups is 1. The number of carbonyl (C=O) groups excluding carboxylic acids is 1. The van der Waals surface area contributed by atoms with Crippen LogP contribution in [0.1, 0.15) is 29.2 Å². The molecule has 7 heteroatoms. The molecule has 2 aromatic rings. The van der Waals surface area contributed by atoms with Crippen LogP contribution in [0, 0.1) is 6.92 Å². The fourth-order valence-electron chi connectivity index (χ4n) is 3.20. The molecule has 1 amide bonds. The van der Waals surface area contributed by atoms with E-state index in [1.165, 1.54) is 11.3 Å². The Morgan fingerprint density at radius 1 is 1.43 bits per heavy atom. The number of ether oxygens (including phenoxy) is 1. The summed E-state index contributed by atoms with van der Waals surface area (Å²) in [6, 6.07) is 1.94. The first-order valence-electron chi connectivity index (χ1n) is 8.03. The summed E-state index contributed by atoms with van der Waals surface area (Å²) in [5.41, 5.74) is 0.967. The molecule has 1 saturated heterocycles. The van der Waals surface area contributed by atoms with E-state index in [1.807, 2.05) is 24.7 Å². The van der Waals surface area contributed by atoms with Gasteiger partial charge in [0.1, 0.15) is 4.83 Å². The number of nitrogens with one attached hydrogen (secondary N) is 1. The second-order valence-electron chi connectivity index (χ2n) is 6.31. The van der Waals surface area contributed by atoms with Gasteiger partial charge in [-0.1, -0.05) is 0 Å². The minimum absolute atomic E-state index is 0.0000404. The zero-order valence-electron chi connectivity index (χ0n) is 14.1. The molecule has 0 unspecified atom stereocenters. The number of nitrogens with zero attached hydrogens (tertiary/aromatic N) is 3. The minimum Gasteiger partial charge on any atom is -0.373 e. The van der Waals surface area contributed by atoms with E-state index in [0.717, 1.165) is 40.4 Å². The molecule has 3 rings (SSSR count). The van der Waals surface area contributed by atoms with Crippen LogP contribution < -0.4 is 5.32 Å². The molecule has 2 aromatic heterocycles. The summed E-state index contributed by atoms with van der Waals surface area (Å²) in [6.45, 7) is 9.52. The van der Waals surface area contributed by atoms with Crippen LogP contribution in [-0.2, 0) is 11.8 Å². The molecule has 1 fully saturated rings. The third-order valence-electron chi connectivity index (χ3n) is 4.13. The third-order valence-corrected chi connectivity index (χ3v) is 5.33. The van der Waals surface area contributed by atoms with Gasteiger partial charge in [-0.05, 0) is 26.8 Å². The molecular formula is C16H24N4O2S. The van der Waals surface area contributed by atoms with Gasteiger partial charge in [0, 0.05) is 38.6 Å². The van der Waals surface area contributed by atoms with Crippen molar-refractivity contribution in [1.29, 1.82) is 0 Å². The first-order valence-corrected chi connectivity index (χ1v) is 8.85. The summed E-state index contributed by atoms with van der Waals surface area (Å²) >= 11 is 1.49. The third kappa shape index (κ3) is 3.57. The van der Waals surface area contributed by atoms with Crippen molar-refractivity contribution in [3.05, 3.63) is 16.6 Å². The van der Waals surface area contributed by atoms with Gasteiger partial charge in [-0.2, -0.15) is 5.10 Å². The smallest absolute Gasteiger partial charge is 0.261 e. The Balaban J connectivity index is 1.55. The number of aromatic nitrogens is 2. The van der Waals surface area contributed by atoms with E-state index < -0.39 is 0 Å². The lowest BCUT2D eigenvalue weighted by molar-refractivity contribution is -0.0672. The van der Waals surface area contributed by atoms with E-state index in [0.29, 0.717) is 6.54 Å². The molecule has 2 atom stereocenters. The van der Waals surface area contributed by atoms with Crippen molar-refractivity contribution >= 4 is 27.5 Å². The lowest BCUT2D eigenvalue weighted by Gasteiger charge is -2.35. The Morgan fingerprint density at radius 2 is 2.13 bits per heavy atom. The molecule has 6 nitrogen and oxygen atoms in total. The second-order valence-corrected chi connectivity index (χ2v) is 7.34.